The van der Waals surface area contributed by atoms with Crippen LogP contribution >= 0.6 is 43.5 Å². The highest BCUT2D eigenvalue weighted by atomic mass is 79.9. The van der Waals surface area contributed by atoms with Crippen molar-refractivity contribution >= 4 is 43.5 Å². The topological polar surface area (TPSA) is 38.7 Å². The van der Waals surface area contributed by atoms with Gasteiger partial charge in [0.1, 0.15) is 10.8 Å². The van der Waals surface area contributed by atoms with Crippen LogP contribution in [-0.4, -0.2) is 15.0 Å². The zero-order chi connectivity index (χ0) is 14.1. The lowest BCUT2D eigenvalue weighted by atomic mass is 10.0. The fourth-order valence-electron chi connectivity index (χ4n) is 2.56. The van der Waals surface area contributed by atoms with Gasteiger partial charge in [-0.3, -0.25) is 4.98 Å². The number of hydrogen-bond acceptors (Lipinski definition) is 3. The SMILES string of the molecule is Clc1nc(-c2ncccc2Br)nc(C2CCCC2)c1Br. The molecule has 6 heteroatoms. The fraction of sp³-hybridized carbons (Fsp3) is 0.357. The maximum atomic E-state index is 6.26. The molecule has 3 rings (SSSR count). The summed E-state index contributed by atoms with van der Waals surface area (Å²) in [4.78, 5) is 13.4. The van der Waals surface area contributed by atoms with Gasteiger partial charge in [-0.15, -0.1) is 0 Å². The minimum Gasteiger partial charge on any atom is -0.252 e. The van der Waals surface area contributed by atoms with Crippen LogP contribution in [0.5, 0.6) is 0 Å². The molecule has 1 aliphatic rings. The van der Waals surface area contributed by atoms with Crippen molar-refractivity contribution in [2.45, 2.75) is 31.6 Å². The smallest absolute Gasteiger partial charge is 0.181 e. The van der Waals surface area contributed by atoms with Gasteiger partial charge in [0.25, 0.3) is 0 Å². The van der Waals surface area contributed by atoms with E-state index in [2.05, 4.69) is 41.8 Å². The van der Waals surface area contributed by atoms with Gasteiger partial charge in [-0.05, 0) is 56.8 Å². The zero-order valence-corrected chi connectivity index (χ0v) is 14.5. The van der Waals surface area contributed by atoms with Crippen LogP contribution in [0.3, 0.4) is 0 Å². The third-order valence-corrected chi connectivity index (χ3v) is 5.47. The zero-order valence-electron chi connectivity index (χ0n) is 10.6. The second-order valence-corrected chi connectivity index (χ2v) is 6.86. The van der Waals surface area contributed by atoms with Gasteiger partial charge in [-0.1, -0.05) is 24.4 Å². The first-order valence-corrected chi connectivity index (χ1v) is 8.47. The van der Waals surface area contributed by atoms with Crippen molar-refractivity contribution in [2.24, 2.45) is 0 Å². The van der Waals surface area contributed by atoms with Gasteiger partial charge >= 0.3 is 0 Å². The van der Waals surface area contributed by atoms with Crippen molar-refractivity contribution in [3.05, 3.63) is 38.1 Å². The van der Waals surface area contributed by atoms with Crippen molar-refractivity contribution in [1.29, 1.82) is 0 Å². The molecule has 1 saturated carbocycles. The van der Waals surface area contributed by atoms with Gasteiger partial charge in [0, 0.05) is 16.6 Å². The summed E-state index contributed by atoms with van der Waals surface area (Å²) in [7, 11) is 0. The number of halogens is 3. The summed E-state index contributed by atoms with van der Waals surface area (Å²) in [6.45, 7) is 0. The van der Waals surface area contributed by atoms with E-state index in [9.17, 15) is 0 Å². The Hall–Kier alpha value is -0.520. The fourth-order valence-corrected chi connectivity index (χ4v) is 3.67. The van der Waals surface area contributed by atoms with Crippen molar-refractivity contribution < 1.29 is 0 Å². The van der Waals surface area contributed by atoms with Crippen LogP contribution in [0.4, 0.5) is 0 Å². The first-order valence-electron chi connectivity index (χ1n) is 6.50. The molecule has 2 aromatic rings. The normalized spacial score (nSPS) is 15.8. The molecule has 20 heavy (non-hydrogen) atoms. The molecule has 104 valence electrons. The average molecular weight is 418 g/mol. The summed E-state index contributed by atoms with van der Waals surface area (Å²) >= 11 is 13.3. The summed E-state index contributed by atoms with van der Waals surface area (Å²) in [6, 6.07) is 3.79. The van der Waals surface area contributed by atoms with E-state index in [-0.39, 0.29) is 0 Å². The number of aromatic nitrogens is 3. The Bertz CT molecular complexity index is 642. The van der Waals surface area contributed by atoms with Crippen LogP contribution in [0, 0.1) is 0 Å². The van der Waals surface area contributed by atoms with Gasteiger partial charge in [0.2, 0.25) is 0 Å². The molecule has 1 fully saturated rings. The molecule has 1 aliphatic carbocycles. The molecule has 2 heterocycles. The molecule has 0 radical (unpaired) electrons. The minimum absolute atomic E-state index is 0.453. The van der Waals surface area contributed by atoms with Gasteiger partial charge in [0.15, 0.2) is 5.82 Å². The molecule has 0 amide bonds. The quantitative estimate of drug-likeness (QED) is 0.616. The van der Waals surface area contributed by atoms with Crippen LogP contribution in [0.1, 0.15) is 37.3 Å². The maximum absolute atomic E-state index is 6.26. The van der Waals surface area contributed by atoms with E-state index in [1.54, 1.807) is 6.20 Å². The van der Waals surface area contributed by atoms with Gasteiger partial charge < -0.3 is 0 Å². The highest BCUT2D eigenvalue weighted by molar-refractivity contribution is 9.11. The van der Waals surface area contributed by atoms with E-state index in [0.29, 0.717) is 16.9 Å². The van der Waals surface area contributed by atoms with E-state index in [0.717, 1.165) is 33.2 Å². The standard InChI is InChI=1S/C14H12Br2ClN3/c15-9-6-3-7-18-12(9)14-19-11(8-4-1-2-5-8)10(16)13(17)20-14/h3,6-8H,1-2,4-5H2. The van der Waals surface area contributed by atoms with E-state index >= 15 is 0 Å². The monoisotopic (exact) mass is 415 g/mol. The molecule has 0 bridgehead atoms. The Kier molecular flexibility index (Phi) is 4.38. The van der Waals surface area contributed by atoms with E-state index < -0.39 is 0 Å². The average Bonchev–Trinajstić information content (AvgIpc) is 2.96. The van der Waals surface area contributed by atoms with E-state index in [1.165, 1.54) is 12.8 Å². The number of nitrogens with zero attached hydrogens (tertiary/aromatic N) is 3. The number of rotatable bonds is 2. The Labute approximate surface area is 139 Å². The molecule has 2 aromatic heterocycles. The van der Waals surface area contributed by atoms with E-state index in [4.69, 9.17) is 16.6 Å². The molecule has 0 spiro atoms. The predicted octanol–water partition coefficient (Wildman–Crippen LogP) is 5.37. The van der Waals surface area contributed by atoms with Crippen molar-refractivity contribution in [2.75, 3.05) is 0 Å². The van der Waals surface area contributed by atoms with Crippen LogP contribution < -0.4 is 0 Å². The van der Waals surface area contributed by atoms with Crippen LogP contribution in [0.2, 0.25) is 5.15 Å². The predicted molar refractivity (Wildman–Crippen MR) is 86.9 cm³/mol. The molecule has 3 nitrogen and oxygen atoms in total. The number of hydrogen-bond donors (Lipinski definition) is 0. The minimum atomic E-state index is 0.453. The van der Waals surface area contributed by atoms with Crippen molar-refractivity contribution in [3.63, 3.8) is 0 Å². The molecule has 0 saturated heterocycles. The molecule has 0 unspecified atom stereocenters. The summed E-state index contributed by atoms with van der Waals surface area (Å²) < 4.78 is 1.69. The number of pyridine rings is 1. The molecular weight excluding hydrogens is 405 g/mol. The second-order valence-electron chi connectivity index (χ2n) is 4.85. The van der Waals surface area contributed by atoms with Crippen molar-refractivity contribution in [1.82, 2.24) is 15.0 Å². The summed E-state index contributed by atoms with van der Waals surface area (Å²) in [5.41, 5.74) is 1.73. The molecule has 0 atom stereocenters. The molecule has 0 aliphatic heterocycles. The Balaban J connectivity index is 2.11. The lowest BCUT2D eigenvalue weighted by Gasteiger charge is -2.13. The Morgan fingerprint density at radius 1 is 1.15 bits per heavy atom. The third-order valence-electron chi connectivity index (χ3n) is 3.55. The molecular formula is C14H12Br2ClN3. The highest BCUT2D eigenvalue weighted by Gasteiger charge is 2.24. The van der Waals surface area contributed by atoms with Crippen LogP contribution in [-0.2, 0) is 0 Å². The largest absolute Gasteiger partial charge is 0.252 e. The Morgan fingerprint density at radius 2 is 1.90 bits per heavy atom. The van der Waals surface area contributed by atoms with Crippen LogP contribution in [0.25, 0.3) is 11.5 Å². The molecule has 0 N–H and O–H groups in total. The maximum Gasteiger partial charge on any atom is 0.181 e. The highest BCUT2D eigenvalue weighted by Crippen LogP contribution is 2.39. The summed E-state index contributed by atoms with van der Waals surface area (Å²) in [6.07, 6.45) is 6.56. The van der Waals surface area contributed by atoms with Gasteiger partial charge in [-0.2, -0.15) is 0 Å². The van der Waals surface area contributed by atoms with E-state index in [1.807, 2.05) is 12.1 Å². The first-order chi connectivity index (χ1) is 9.66. The third kappa shape index (κ3) is 2.76. The first kappa shape index (κ1) is 14.4. The lowest BCUT2D eigenvalue weighted by Crippen LogP contribution is -2.03. The second kappa shape index (κ2) is 6.08. The summed E-state index contributed by atoms with van der Waals surface area (Å²) in [5.74, 6) is 1.04. The van der Waals surface area contributed by atoms with Gasteiger partial charge in [0.05, 0.1) is 10.2 Å². The summed E-state index contributed by atoms with van der Waals surface area (Å²) in [5, 5.41) is 0.453. The lowest BCUT2D eigenvalue weighted by molar-refractivity contribution is 0.690. The Morgan fingerprint density at radius 3 is 2.60 bits per heavy atom. The molecule has 0 aromatic carbocycles. The van der Waals surface area contributed by atoms with Gasteiger partial charge in [-0.25, -0.2) is 9.97 Å². The van der Waals surface area contributed by atoms with Crippen LogP contribution in [0.15, 0.2) is 27.3 Å². The van der Waals surface area contributed by atoms with Crippen molar-refractivity contribution in [3.8, 4) is 11.5 Å².